The number of fused-ring (bicyclic) bond motifs is 1. The fourth-order valence-corrected chi connectivity index (χ4v) is 3.67. The van der Waals surface area contributed by atoms with E-state index >= 15 is 0 Å². The van der Waals surface area contributed by atoms with Gasteiger partial charge in [0, 0.05) is 55.2 Å². The molecular weight excluding hydrogens is 352 g/mol. The maximum absolute atomic E-state index is 12.7. The van der Waals surface area contributed by atoms with Gasteiger partial charge in [0.25, 0.3) is 0 Å². The molecule has 0 amide bonds. The topological polar surface area (TPSA) is 63.3 Å². The Bertz CT molecular complexity index is 1110. The van der Waals surface area contributed by atoms with E-state index in [0.717, 1.165) is 42.1 Å². The van der Waals surface area contributed by atoms with Crippen molar-refractivity contribution in [2.24, 2.45) is 0 Å². The molecule has 1 fully saturated rings. The summed E-state index contributed by atoms with van der Waals surface area (Å²) in [5.74, 6) is 0.832. The molecule has 0 radical (unpaired) electrons. The first kappa shape index (κ1) is 18.5. The first-order valence-corrected chi connectivity index (χ1v) is 9.68. The lowest BCUT2D eigenvalue weighted by Gasteiger charge is -2.33. The molecule has 1 N–H and O–H groups in total. The maximum Gasteiger partial charge on any atom is 0.345 e. The van der Waals surface area contributed by atoms with Crippen LogP contribution in [0.3, 0.4) is 0 Å². The van der Waals surface area contributed by atoms with Gasteiger partial charge in [0.05, 0.1) is 11.3 Å². The maximum atomic E-state index is 12.7. The van der Waals surface area contributed by atoms with Gasteiger partial charge in [-0.05, 0) is 45.9 Å². The molecule has 6 nitrogen and oxygen atoms in total. The number of aryl methyl sites for hydroxylation is 1. The van der Waals surface area contributed by atoms with Crippen LogP contribution in [0.5, 0.6) is 0 Å². The summed E-state index contributed by atoms with van der Waals surface area (Å²) in [5.41, 5.74) is 3.61. The summed E-state index contributed by atoms with van der Waals surface area (Å²) in [6.07, 6.45) is 3.87. The predicted octanol–water partition coefficient (Wildman–Crippen LogP) is 3.64. The number of hydrogen-bond donors (Lipinski definition) is 1. The number of nitrogens with zero attached hydrogens (tertiary/aromatic N) is 3. The van der Waals surface area contributed by atoms with Gasteiger partial charge in [-0.1, -0.05) is 5.57 Å². The van der Waals surface area contributed by atoms with E-state index in [-0.39, 0.29) is 5.63 Å². The summed E-state index contributed by atoms with van der Waals surface area (Å²) in [6.45, 7) is 11.0. The molecule has 0 saturated carbocycles. The third kappa shape index (κ3) is 3.60. The highest BCUT2D eigenvalue weighted by Crippen LogP contribution is 2.25. The van der Waals surface area contributed by atoms with Crippen LogP contribution >= 0.6 is 0 Å². The second-order valence-electron chi connectivity index (χ2n) is 7.76. The Hall–Kier alpha value is -2.86. The number of anilines is 1. The molecule has 1 atom stereocenters. The lowest BCUT2D eigenvalue weighted by atomic mass is 10.1. The minimum atomic E-state index is -0.361. The average molecular weight is 378 g/mol. The van der Waals surface area contributed by atoms with Crippen molar-refractivity contribution in [2.45, 2.75) is 33.7 Å². The molecule has 1 saturated heterocycles. The summed E-state index contributed by atoms with van der Waals surface area (Å²) >= 11 is 0. The fraction of sp³-hybridized carbons (Fsp3) is 0.364. The third-order valence-corrected chi connectivity index (χ3v) is 5.04. The number of rotatable bonds is 3. The first-order valence-electron chi connectivity index (χ1n) is 9.68. The van der Waals surface area contributed by atoms with Crippen LogP contribution in [0.1, 0.15) is 26.6 Å². The minimum Gasteiger partial charge on any atom is -0.422 e. The van der Waals surface area contributed by atoms with Gasteiger partial charge in [-0.25, -0.2) is 9.78 Å². The molecule has 0 spiro atoms. The Morgan fingerprint density at radius 2 is 2.14 bits per heavy atom. The molecule has 146 valence electrons. The van der Waals surface area contributed by atoms with E-state index in [0.29, 0.717) is 22.9 Å². The molecular formula is C22H26N4O2. The van der Waals surface area contributed by atoms with E-state index in [1.807, 2.05) is 55.9 Å². The molecule has 4 rings (SSSR count). The molecule has 0 bridgehead atoms. The lowest BCUT2D eigenvalue weighted by molar-refractivity contribution is 0.484. The van der Waals surface area contributed by atoms with Crippen LogP contribution in [0.15, 0.2) is 45.2 Å². The number of imidazole rings is 1. The lowest BCUT2D eigenvalue weighted by Crippen LogP contribution is -2.49. The van der Waals surface area contributed by atoms with Crippen molar-refractivity contribution < 1.29 is 4.42 Å². The van der Waals surface area contributed by atoms with Crippen molar-refractivity contribution in [1.29, 1.82) is 0 Å². The quantitative estimate of drug-likeness (QED) is 0.705. The number of allylic oxidation sites excluding steroid dienone is 1. The summed E-state index contributed by atoms with van der Waals surface area (Å²) in [6, 6.07) is 8.39. The van der Waals surface area contributed by atoms with E-state index in [2.05, 4.69) is 28.2 Å². The number of nitrogens with one attached hydrogen (secondary N) is 1. The minimum absolute atomic E-state index is 0.361. The van der Waals surface area contributed by atoms with Crippen molar-refractivity contribution in [2.75, 3.05) is 24.5 Å². The fourth-order valence-electron chi connectivity index (χ4n) is 3.67. The second kappa shape index (κ2) is 7.28. The van der Waals surface area contributed by atoms with E-state index in [4.69, 9.17) is 4.42 Å². The second-order valence-corrected chi connectivity index (χ2v) is 7.76. The van der Waals surface area contributed by atoms with E-state index < -0.39 is 0 Å². The Labute approximate surface area is 164 Å². The predicted molar refractivity (Wildman–Crippen MR) is 114 cm³/mol. The highest BCUT2D eigenvalue weighted by atomic mass is 16.4. The summed E-state index contributed by atoms with van der Waals surface area (Å²) in [7, 11) is 0. The van der Waals surface area contributed by atoms with Gasteiger partial charge in [-0.15, -0.1) is 0 Å². The zero-order valence-corrected chi connectivity index (χ0v) is 16.8. The van der Waals surface area contributed by atoms with Crippen LogP contribution in [-0.2, 0) is 0 Å². The standard InChI is InChI=1S/C22H26N4O2/c1-14(2)11-26-13-20(24-16(26)4)19-9-17-5-6-18(10-21(17)28-22(19)27)25-8-7-23-15(3)12-25/h5-6,9-11,13,15,23H,7-8,12H2,1-4H3/t15-/m0/s1. The van der Waals surface area contributed by atoms with Gasteiger partial charge in [0.2, 0.25) is 0 Å². The molecule has 1 aliphatic heterocycles. The van der Waals surface area contributed by atoms with E-state index in [1.165, 1.54) is 0 Å². The van der Waals surface area contributed by atoms with Gasteiger partial charge < -0.3 is 19.2 Å². The Morgan fingerprint density at radius 3 is 2.89 bits per heavy atom. The molecule has 1 aromatic carbocycles. The van der Waals surface area contributed by atoms with Gasteiger partial charge in [-0.2, -0.15) is 0 Å². The van der Waals surface area contributed by atoms with Crippen LogP contribution in [-0.4, -0.2) is 35.2 Å². The molecule has 28 heavy (non-hydrogen) atoms. The van der Waals surface area contributed by atoms with Crippen molar-refractivity contribution in [1.82, 2.24) is 14.9 Å². The molecule has 6 heteroatoms. The number of hydrogen-bond acceptors (Lipinski definition) is 5. The van der Waals surface area contributed by atoms with Crippen LogP contribution in [0, 0.1) is 6.92 Å². The normalized spacial score (nSPS) is 17.1. The van der Waals surface area contributed by atoms with Crippen LogP contribution < -0.4 is 15.8 Å². The molecule has 0 unspecified atom stereocenters. The third-order valence-electron chi connectivity index (χ3n) is 5.04. The van der Waals surface area contributed by atoms with Crippen molar-refractivity contribution >= 4 is 22.9 Å². The summed E-state index contributed by atoms with van der Waals surface area (Å²) in [5, 5.41) is 4.34. The SMILES string of the molecule is CC(C)=Cn1cc(-c2cc3ccc(N4CCN[C@@H](C)C4)cc3oc2=O)nc1C. The van der Waals surface area contributed by atoms with Crippen LogP contribution in [0.4, 0.5) is 5.69 Å². The highest BCUT2D eigenvalue weighted by molar-refractivity contribution is 5.84. The van der Waals surface area contributed by atoms with Crippen LogP contribution in [0.2, 0.25) is 0 Å². The number of piperazine rings is 1. The Morgan fingerprint density at radius 1 is 1.32 bits per heavy atom. The van der Waals surface area contributed by atoms with Gasteiger partial charge >= 0.3 is 5.63 Å². The summed E-state index contributed by atoms with van der Waals surface area (Å²) < 4.78 is 7.61. The monoisotopic (exact) mass is 378 g/mol. The largest absolute Gasteiger partial charge is 0.422 e. The van der Waals surface area contributed by atoms with Crippen molar-refractivity contribution in [3.05, 3.63) is 52.3 Å². The Kier molecular flexibility index (Phi) is 4.81. The van der Waals surface area contributed by atoms with Crippen LogP contribution in [0.25, 0.3) is 28.4 Å². The molecule has 3 heterocycles. The number of benzene rings is 1. The van der Waals surface area contributed by atoms with Crippen molar-refractivity contribution in [3.63, 3.8) is 0 Å². The molecule has 2 aromatic heterocycles. The number of aromatic nitrogens is 2. The summed E-state index contributed by atoms with van der Waals surface area (Å²) in [4.78, 5) is 19.5. The Balaban J connectivity index is 1.72. The average Bonchev–Trinajstić information content (AvgIpc) is 3.00. The first-order chi connectivity index (χ1) is 13.4. The zero-order valence-electron chi connectivity index (χ0n) is 16.8. The molecule has 0 aliphatic carbocycles. The smallest absolute Gasteiger partial charge is 0.345 e. The zero-order chi connectivity index (χ0) is 19.8. The highest BCUT2D eigenvalue weighted by Gasteiger charge is 2.17. The van der Waals surface area contributed by atoms with Gasteiger partial charge in [0.1, 0.15) is 11.4 Å². The van der Waals surface area contributed by atoms with Crippen molar-refractivity contribution in [3.8, 4) is 11.3 Å². The van der Waals surface area contributed by atoms with Gasteiger partial charge in [0.15, 0.2) is 0 Å². The van der Waals surface area contributed by atoms with E-state index in [1.54, 1.807) is 0 Å². The molecule has 3 aromatic rings. The van der Waals surface area contributed by atoms with Gasteiger partial charge in [-0.3, -0.25) is 0 Å². The van der Waals surface area contributed by atoms with E-state index in [9.17, 15) is 4.79 Å². The molecule has 1 aliphatic rings.